The maximum absolute atomic E-state index is 12.3. The normalized spacial score (nSPS) is 30.2. The van der Waals surface area contributed by atoms with Crippen LogP contribution in [0, 0.1) is 0 Å². The van der Waals surface area contributed by atoms with E-state index < -0.39 is 0 Å². The Morgan fingerprint density at radius 2 is 2.00 bits per heavy atom. The molecule has 3 rings (SSSR count). The number of piperidine rings is 2. The Morgan fingerprint density at radius 3 is 2.55 bits per heavy atom. The first-order valence-corrected chi connectivity index (χ1v) is 9.42. The van der Waals surface area contributed by atoms with Crippen LogP contribution in [-0.2, 0) is 0 Å². The van der Waals surface area contributed by atoms with Crippen LogP contribution >= 0.6 is 43.2 Å². The Morgan fingerprint density at radius 1 is 1.35 bits per heavy atom. The minimum Gasteiger partial charge on any atom is -0.348 e. The summed E-state index contributed by atoms with van der Waals surface area (Å²) in [6.07, 6.45) is 6.06. The molecule has 2 unspecified atom stereocenters. The minimum atomic E-state index is 0.0639. The molecule has 110 valence electrons. The van der Waals surface area contributed by atoms with E-state index in [0.29, 0.717) is 18.1 Å². The van der Waals surface area contributed by atoms with Crippen molar-refractivity contribution < 1.29 is 4.79 Å². The number of hydrogen-bond donors (Lipinski definition) is 1. The number of halogens is 2. The lowest BCUT2D eigenvalue weighted by atomic mass is 9.82. The summed E-state index contributed by atoms with van der Waals surface area (Å²) in [5, 5.41) is 3.23. The van der Waals surface area contributed by atoms with Crippen LogP contribution in [0.5, 0.6) is 0 Å². The van der Waals surface area contributed by atoms with E-state index in [9.17, 15) is 4.79 Å². The molecule has 6 heteroatoms. The Hall–Kier alpha value is 0.0900. The van der Waals surface area contributed by atoms with E-state index in [1.54, 1.807) is 0 Å². The van der Waals surface area contributed by atoms with Gasteiger partial charge in [-0.25, -0.2) is 0 Å². The average Bonchev–Trinajstić information content (AvgIpc) is 2.71. The topological polar surface area (TPSA) is 32.3 Å². The molecule has 0 saturated carbocycles. The van der Waals surface area contributed by atoms with Crippen molar-refractivity contribution in [3.63, 3.8) is 0 Å². The van der Waals surface area contributed by atoms with Crippen molar-refractivity contribution in [1.82, 2.24) is 10.2 Å². The highest BCUT2D eigenvalue weighted by atomic mass is 79.9. The van der Waals surface area contributed by atoms with Gasteiger partial charge in [-0.3, -0.25) is 4.79 Å². The lowest BCUT2D eigenvalue weighted by molar-refractivity contribution is 0.0464. The molecule has 20 heavy (non-hydrogen) atoms. The van der Waals surface area contributed by atoms with E-state index in [2.05, 4.69) is 49.1 Å². The van der Waals surface area contributed by atoms with Crippen molar-refractivity contribution in [2.24, 2.45) is 0 Å². The smallest absolute Gasteiger partial charge is 0.261 e. The predicted octanol–water partition coefficient (Wildman–Crippen LogP) is 4.02. The second-order valence-electron chi connectivity index (χ2n) is 5.78. The molecule has 3 nitrogen and oxygen atoms in total. The van der Waals surface area contributed by atoms with Gasteiger partial charge in [-0.15, -0.1) is 11.3 Å². The Kier molecular flexibility index (Phi) is 4.55. The fraction of sp³-hybridized carbons (Fsp3) is 0.643. The molecule has 2 atom stereocenters. The van der Waals surface area contributed by atoms with Crippen LogP contribution in [0.25, 0.3) is 0 Å². The fourth-order valence-electron chi connectivity index (χ4n) is 3.45. The highest BCUT2D eigenvalue weighted by Gasteiger charge is 2.36. The lowest BCUT2D eigenvalue weighted by Gasteiger charge is -2.47. The number of carbonyl (C=O) groups is 1. The van der Waals surface area contributed by atoms with E-state index >= 15 is 0 Å². The first-order chi connectivity index (χ1) is 9.54. The van der Waals surface area contributed by atoms with Crippen LogP contribution in [0.1, 0.15) is 41.8 Å². The van der Waals surface area contributed by atoms with Crippen LogP contribution in [0.15, 0.2) is 14.3 Å². The third kappa shape index (κ3) is 2.98. The Labute approximate surface area is 140 Å². The van der Waals surface area contributed by atoms with Gasteiger partial charge in [0.15, 0.2) is 0 Å². The number of amides is 1. The zero-order valence-electron chi connectivity index (χ0n) is 11.4. The summed E-state index contributed by atoms with van der Waals surface area (Å²) in [6, 6.07) is 3.51. The fourth-order valence-corrected chi connectivity index (χ4v) is 5.39. The highest BCUT2D eigenvalue weighted by Crippen LogP contribution is 2.34. The van der Waals surface area contributed by atoms with Crippen molar-refractivity contribution in [3.8, 4) is 0 Å². The molecule has 0 spiro atoms. The summed E-state index contributed by atoms with van der Waals surface area (Å²) in [5.74, 6) is 0.0639. The third-order valence-electron chi connectivity index (χ3n) is 4.54. The minimum absolute atomic E-state index is 0.0639. The zero-order valence-corrected chi connectivity index (χ0v) is 15.4. The monoisotopic (exact) mass is 420 g/mol. The molecule has 2 fully saturated rings. The van der Waals surface area contributed by atoms with Crippen molar-refractivity contribution in [2.45, 2.75) is 50.2 Å². The molecule has 2 bridgehead atoms. The van der Waals surface area contributed by atoms with Gasteiger partial charge in [0.2, 0.25) is 0 Å². The quantitative estimate of drug-likeness (QED) is 0.781. The molecular weight excluding hydrogens is 404 g/mol. The summed E-state index contributed by atoms with van der Waals surface area (Å²) in [7, 11) is 2.24. The van der Waals surface area contributed by atoms with E-state index in [1.165, 1.54) is 30.6 Å². The first-order valence-electron chi connectivity index (χ1n) is 7.02. The predicted molar refractivity (Wildman–Crippen MR) is 89.4 cm³/mol. The number of rotatable bonds is 2. The molecule has 1 aromatic rings. The number of nitrogens with zero attached hydrogens (tertiary/aromatic N) is 1. The number of hydrogen-bond acceptors (Lipinski definition) is 3. The van der Waals surface area contributed by atoms with Crippen LogP contribution in [0.4, 0.5) is 0 Å². The van der Waals surface area contributed by atoms with Crippen molar-refractivity contribution in [1.29, 1.82) is 0 Å². The molecule has 2 saturated heterocycles. The molecule has 1 N–H and O–H groups in total. The van der Waals surface area contributed by atoms with Crippen molar-refractivity contribution >= 4 is 49.1 Å². The van der Waals surface area contributed by atoms with E-state index in [0.717, 1.165) is 26.0 Å². The van der Waals surface area contributed by atoms with Gasteiger partial charge in [-0.2, -0.15) is 0 Å². The van der Waals surface area contributed by atoms with E-state index in [1.807, 2.05) is 6.07 Å². The Bertz CT molecular complexity index is 486. The largest absolute Gasteiger partial charge is 0.348 e. The van der Waals surface area contributed by atoms with Crippen LogP contribution in [-0.4, -0.2) is 36.0 Å². The third-order valence-corrected chi connectivity index (χ3v) is 7.80. The van der Waals surface area contributed by atoms with Gasteiger partial charge in [0, 0.05) is 22.6 Å². The molecule has 3 heterocycles. The summed E-state index contributed by atoms with van der Waals surface area (Å²) in [6.45, 7) is 0. The van der Waals surface area contributed by atoms with Crippen LogP contribution < -0.4 is 5.32 Å². The van der Waals surface area contributed by atoms with Gasteiger partial charge in [0.25, 0.3) is 5.91 Å². The maximum atomic E-state index is 12.3. The number of nitrogens with one attached hydrogen (secondary N) is 1. The van der Waals surface area contributed by atoms with Gasteiger partial charge in [-0.1, -0.05) is 6.42 Å². The summed E-state index contributed by atoms with van der Waals surface area (Å²) in [4.78, 5) is 15.6. The molecule has 0 aliphatic carbocycles. The van der Waals surface area contributed by atoms with Crippen molar-refractivity contribution in [3.05, 3.63) is 19.2 Å². The van der Waals surface area contributed by atoms with Gasteiger partial charge < -0.3 is 10.2 Å². The molecular formula is C14H18Br2N2OS. The molecule has 2 aliphatic rings. The summed E-state index contributed by atoms with van der Waals surface area (Å²) in [5.41, 5.74) is 0. The van der Waals surface area contributed by atoms with Gasteiger partial charge >= 0.3 is 0 Å². The molecule has 1 aromatic heterocycles. The van der Waals surface area contributed by atoms with Gasteiger partial charge in [0.1, 0.15) is 0 Å². The first kappa shape index (κ1) is 15.0. The van der Waals surface area contributed by atoms with Crippen LogP contribution in [0.2, 0.25) is 0 Å². The molecule has 0 aromatic carbocycles. The highest BCUT2D eigenvalue weighted by molar-refractivity contribution is 9.13. The van der Waals surface area contributed by atoms with Gasteiger partial charge in [0.05, 0.1) is 8.66 Å². The lowest BCUT2D eigenvalue weighted by Crippen LogP contribution is -2.55. The molecule has 1 amide bonds. The summed E-state index contributed by atoms with van der Waals surface area (Å²) < 4.78 is 1.93. The van der Waals surface area contributed by atoms with E-state index in [-0.39, 0.29) is 5.91 Å². The summed E-state index contributed by atoms with van der Waals surface area (Å²) >= 11 is 8.36. The zero-order chi connectivity index (χ0) is 14.3. The Balaban J connectivity index is 1.65. The molecule has 0 radical (unpaired) electrons. The second kappa shape index (κ2) is 6.07. The van der Waals surface area contributed by atoms with Gasteiger partial charge in [-0.05, 0) is 70.7 Å². The van der Waals surface area contributed by atoms with Crippen molar-refractivity contribution in [2.75, 3.05) is 7.05 Å². The standard InChI is InChI=1S/C14H18Br2N2OS/c1-18-9-3-2-4-10(18)6-8(5-9)17-14(19)12-7-11(15)13(16)20-12/h7-10H,2-6H2,1H3,(H,17,19). The SMILES string of the molecule is CN1C2CCCC1CC(NC(=O)c1cc(Br)c(Br)s1)C2. The number of fused-ring (bicyclic) bond motifs is 2. The maximum Gasteiger partial charge on any atom is 0.261 e. The second-order valence-corrected chi connectivity index (χ2v) is 9.00. The van der Waals surface area contributed by atoms with E-state index in [4.69, 9.17) is 0 Å². The number of carbonyl (C=O) groups excluding carboxylic acids is 1. The van der Waals surface area contributed by atoms with Crippen LogP contribution in [0.3, 0.4) is 0 Å². The number of thiophene rings is 1. The molecule has 2 aliphatic heterocycles. The average molecular weight is 422 g/mol.